The maximum absolute atomic E-state index is 9.20. The fourth-order valence-electron chi connectivity index (χ4n) is 2.66. The van der Waals surface area contributed by atoms with Crippen LogP contribution in [0, 0.1) is 30.1 Å². The van der Waals surface area contributed by atoms with E-state index >= 15 is 0 Å². The molecule has 0 amide bonds. The van der Waals surface area contributed by atoms with E-state index in [1.54, 1.807) is 0 Å². The van der Waals surface area contributed by atoms with Gasteiger partial charge in [0.05, 0.1) is 23.7 Å². The SMILES string of the molecule is CCC1CCC(C#N)C(n2ccc(C)n2)C1. The molecule has 1 fully saturated rings. The largest absolute Gasteiger partial charge is 0.268 e. The molecular formula is C13H19N3. The van der Waals surface area contributed by atoms with Crippen LogP contribution in [0.4, 0.5) is 0 Å². The summed E-state index contributed by atoms with van der Waals surface area (Å²) in [5, 5.41) is 13.7. The quantitative estimate of drug-likeness (QED) is 0.764. The first-order valence-electron chi connectivity index (χ1n) is 6.16. The van der Waals surface area contributed by atoms with Gasteiger partial charge in [0.2, 0.25) is 0 Å². The number of nitriles is 1. The van der Waals surface area contributed by atoms with Crippen LogP contribution >= 0.6 is 0 Å². The van der Waals surface area contributed by atoms with E-state index in [1.807, 2.05) is 23.9 Å². The van der Waals surface area contributed by atoms with Crippen LogP contribution in [0.1, 0.15) is 44.3 Å². The minimum atomic E-state index is 0.141. The van der Waals surface area contributed by atoms with Crippen molar-refractivity contribution in [2.45, 2.75) is 45.6 Å². The van der Waals surface area contributed by atoms with Gasteiger partial charge in [0.25, 0.3) is 0 Å². The third-order valence-corrected chi connectivity index (χ3v) is 3.75. The molecule has 16 heavy (non-hydrogen) atoms. The van der Waals surface area contributed by atoms with Crippen molar-refractivity contribution in [1.29, 1.82) is 5.26 Å². The maximum atomic E-state index is 9.20. The number of hydrogen-bond acceptors (Lipinski definition) is 2. The van der Waals surface area contributed by atoms with Crippen LogP contribution in [0.25, 0.3) is 0 Å². The maximum Gasteiger partial charge on any atom is 0.0688 e. The Balaban J connectivity index is 2.18. The van der Waals surface area contributed by atoms with Gasteiger partial charge >= 0.3 is 0 Å². The second kappa shape index (κ2) is 4.69. The van der Waals surface area contributed by atoms with Crippen LogP contribution in [-0.2, 0) is 0 Å². The first-order valence-corrected chi connectivity index (χ1v) is 6.16. The van der Waals surface area contributed by atoms with Crippen molar-refractivity contribution in [3.8, 4) is 6.07 Å². The Labute approximate surface area is 97.1 Å². The van der Waals surface area contributed by atoms with Crippen LogP contribution in [0.15, 0.2) is 12.3 Å². The lowest BCUT2D eigenvalue weighted by Gasteiger charge is -2.32. The van der Waals surface area contributed by atoms with E-state index in [0.717, 1.165) is 24.5 Å². The van der Waals surface area contributed by atoms with Gasteiger partial charge in [0.15, 0.2) is 0 Å². The molecule has 0 saturated heterocycles. The fourth-order valence-corrected chi connectivity index (χ4v) is 2.66. The molecular weight excluding hydrogens is 198 g/mol. The van der Waals surface area contributed by atoms with Gasteiger partial charge in [-0.2, -0.15) is 10.4 Å². The number of nitrogens with zero attached hydrogens (tertiary/aromatic N) is 3. The highest BCUT2D eigenvalue weighted by atomic mass is 15.3. The highest BCUT2D eigenvalue weighted by molar-refractivity contribution is 5.01. The Bertz CT molecular complexity index is 388. The number of rotatable bonds is 2. The van der Waals surface area contributed by atoms with Crippen LogP contribution in [-0.4, -0.2) is 9.78 Å². The smallest absolute Gasteiger partial charge is 0.0688 e. The summed E-state index contributed by atoms with van der Waals surface area (Å²) in [4.78, 5) is 0. The lowest BCUT2D eigenvalue weighted by atomic mass is 9.78. The second-order valence-electron chi connectivity index (χ2n) is 4.83. The van der Waals surface area contributed by atoms with Crippen molar-refractivity contribution in [2.24, 2.45) is 11.8 Å². The van der Waals surface area contributed by atoms with Gasteiger partial charge in [-0.1, -0.05) is 13.3 Å². The van der Waals surface area contributed by atoms with Crippen LogP contribution in [0.2, 0.25) is 0 Å². The fraction of sp³-hybridized carbons (Fsp3) is 0.692. The molecule has 0 radical (unpaired) electrons. The molecule has 0 aromatic carbocycles. The van der Waals surface area contributed by atoms with Crippen molar-refractivity contribution in [3.63, 3.8) is 0 Å². The van der Waals surface area contributed by atoms with Gasteiger partial charge in [-0.15, -0.1) is 0 Å². The Kier molecular flexibility index (Phi) is 3.28. The van der Waals surface area contributed by atoms with E-state index in [2.05, 4.69) is 18.1 Å². The van der Waals surface area contributed by atoms with Crippen molar-refractivity contribution in [2.75, 3.05) is 0 Å². The van der Waals surface area contributed by atoms with Gasteiger partial charge in [-0.3, -0.25) is 4.68 Å². The van der Waals surface area contributed by atoms with Crippen molar-refractivity contribution in [1.82, 2.24) is 9.78 Å². The van der Waals surface area contributed by atoms with Crippen molar-refractivity contribution >= 4 is 0 Å². The molecule has 1 aromatic heterocycles. The molecule has 1 saturated carbocycles. The van der Waals surface area contributed by atoms with E-state index in [0.29, 0.717) is 0 Å². The normalized spacial score (nSPS) is 29.9. The lowest BCUT2D eigenvalue weighted by molar-refractivity contribution is 0.203. The molecule has 0 spiro atoms. The molecule has 1 aliphatic rings. The topological polar surface area (TPSA) is 41.6 Å². The van der Waals surface area contributed by atoms with Gasteiger partial charge in [0, 0.05) is 6.20 Å². The van der Waals surface area contributed by atoms with E-state index < -0.39 is 0 Å². The summed E-state index contributed by atoms with van der Waals surface area (Å²) in [6.45, 7) is 4.24. The molecule has 3 unspecified atom stereocenters. The first kappa shape index (κ1) is 11.2. The third kappa shape index (κ3) is 2.11. The van der Waals surface area contributed by atoms with Crippen molar-refractivity contribution < 1.29 is 0 Å². The minimum absolute atomic E-state index is 0.141. The first-order chi connectivity index (χ1) is 7.74. The molecule has 86 valence electrons. The predicted octanol–water partition coefficient (Wildman–Crippen LogP) is 3.08. The third-order valence-electron chi connectivity index (χ3n) is 3.75. The zero-order valence-electron chi connectivity index (χ0n) is 10.1. The summed E-state index contributed by atoms with van der Waals surface area (Å²) in [6.07, 6.45) is 6.57. The monoisotopic (exact) mass is 217 g/mol. The average Bonchev–Trinajstić information content (AvgIpc) is 2.75. The standard InChI is InChI=1S/C13H19N3/c1-3-11-4-5-12(9-14)13(8-11)16-7-6-10(2)15-16/h6-7,11-13H,3-5,8H2,1-2H3. The van der Waals surface area contributed by atoms with Crippen LogP contribution in [0.5, 0.6) is 0 Å². The van der Waals surface area contributed by atoms with Gasteiger partial charge in [-0.25, -0.2) is 0 Å². The summed E-state index contributed by atoms with van der Waals surface area (Å²) in [6, 6.07) is 4.75. The molecule has 3 heteroatoms. The summed E-state index contributed by atoms with van der Waals surface area (Å²) in [7, 11) is 0. The zero-order valence-corrected chi connectivity index (χ0v) is 10.1. The van der Waals surface area contributed by atoms with Crippen LogP contribution < -0.4 is 0 Å². The van der Waals surface area contributed by atoms with E-state index in [4.69, 9.17) is 0 Å². The van der Waals surface area contributed by atoms with E-state index in [-0.39, 0.29) is 12.0 Å². The number of aromatic nitrogens is 2. The summed E-state index contributed by atoms with van der Waals surface area (Å²) >= 11 is 0. The Morgan fingerprint density at radius 2 is 2.38 bits per heavy atom. The zero-order chi connectivity index (χ0) is 11.5. The molecule has 0 bridgehead atoms. The highest BCUT2D eigenvalue weighted by Gasteiger charge is 2.31. The van der Waals surface area contributed by atoms with E-state index in [9.17, 15) is 5.26 Å². The number of hydrogen-bond donors (Lipinski definition) is 0. The molecule has 1 aromatic rings. The average molecular weight is 217 g/mol. The van der Waals surface area contributed by atoms with Crippen molar-refractivity contribution in [3.05, 3.63) is 18.0 Å². The minimum Gasteiger partial charge on any atom is -0.268 e. The second-order valence-corrected chi connectivity index (χ2v) is 4.83. The lowest BCUT2D eigenvalue weighted by Crippen LogP contribution is -2.27. The predicted molar refractivity (Wildman–Crippen MR) is 62.7 cm³/mol. The molecule has 0 N–H and O–H groups in total. The highest BCUT2D eigenvalue weighted by Crippen LogP contribution is 2.37. The van der Waals surface area contributed by atoms with Crippen LogP contribution in [0.3, 0.4) is 0 Å². The van der Waals surface area contributed by atoms with E-state index in [1.165, 1.54) is 12.8 Å². The van der Waals surface area contributed by atoms with Gasteiger partial charge < -0.3 is 0 Å². The number of aryl methyl sites for hydroxylation is 1. The molecule has 3 nitrogen and oxygen atoms in total. The summed E-state index contributed by atoms with van der Waals surface area (Å²) in [5.74, 6) is 0.904. The summed E-state index contributed by atoms with van der Waals surface area (Å²) < 4.78 is 2.00. The molecule has 3 atom stereocenters. The molecule has 1 aliphatic carbocycles. The van der Waals surface area contributed by atoms with Gasteiger partial charge in [0.1, 0.15) is 0 Å². The Hall–Kier alpha value is -1.30. The Morgan fingerprint density at radius 1 is 1.56 bits per heavy atom. The molecule has 2 rings (SSSR count). The van der Waals surface area contributed by atoms with Gasteiger partial charge in [-0.05, 0) is 38.2 Å². The molecule has 0 aliphatic heterocycles. The molecule has 1 heterocycles. The summed E-state index contributed by atoms with van der Waals surface area (Å²) in [5.41, 5.74) is 1.04. The Morgan fingerprint density at radius 3 is 2.94 bits per heavy atom.